The van der Waals surface area contributed by atoms with E-state index in [0.717, 1.165) is 15.5 Å². The Morgan fingerprint density at radius 2 is 1.90 bits per heavy atom. The molecule has 1 aromatic carbocycles. The summed E-state index contributed by atoms with van der Waals surface area (Å²) >= 11 is 11.9. The molecule has 29 heavy (non-hydrogen) atoms. The molecule has 0 atom stereocenters. The average Bonchev–Trinajstić information content (AvgIpc) is 2.96. The largest absolute Gasteiger partial charge is 0.416 e. The average molecular weight is 444 g/mol. The van der Waals surface area contributed by atoms with Gasteiger partial charge in [0.2, 0.25) is 0 Å². The second-order valence-corrected chi connectivity index (χ2v) is 6.14. The number of nitriles is 2. The molecule has 1 aromatic heterocycles. The van der Waals surface area contributed by atoms with E-state index < -0.39 is 38.9 Å². The lowest BCUT2D eigenvalue weighted by Gasteiger charge is -2.11. The van der Waals surface area contributed by atoms with Crippen molar-refractivity contribution >= 4 is 29.4 Å². The molecule has 0 saturated carbocycles. The van der Waals surface area contributed by atoms with Gasteiger partial charge in [-0.25, -0.2) is 9.79 Å². The number of allylic oxidation sites excluding steroid dienone is 2. The molecule has 0 fully saturated rings. The highest BCUT2D eigenvalue weighted by atomic mass is 35.5. The Morgan fingerprint density at radius 3 is 2.34 bits per heavy atom. The van der Waals surface area contributed by atoms with Crippen molar-refractivity contribution in [2.24, 2.45) is 10.7 Å². The summed E-state index contributed by atoms with van der Waals surface area (Å²) in [6, 6.07) is 4.42. The molecule has 13 heteroatoms. The molecule has 8 nitrogen and oxygen atoms in total. The summed E-state index contributed by atoms with van der Waals surface area (Å²) in [6.07, 6.45) is -3.67. The van der Waals surface area contributed by atoms with Gasteiger partial charge >= 0.3 is 11.9 Å². The van der Waals surface area contributed by atoms with Crippen molar-refractivity contribution in [3.05, 3.63) is 55.4 Å². The molecule has 0 bridgehead atoms. The van der Waals surface area contributed by atoms with Crippen LogP contribution in [0.15, 0.2) is 33.3 Å². The minimum atomic E-state index is -4.68. The van der Waals surface area contributed by atoms with Gasteiger partial charge in [-0.2, -0.15) is 28.4 Å². The predicted molar refractivity (Wildman–Crippen MR) is 98.6 cm³/mol. The van der Waals surface area contributed by atoms with Gasteiger partial charge in [0.15, 0.2) is 11.5 Å². The lowest BCUT2D eigenvalue weighted by Crippen LogP contribution is -2.24. The Balaban J connectivity index is 2.66. The van der Waals surface area contributed by atoms with E-state index in [2.05, 4.69) is 10.1 Å². The first kappa shape index (κ1) is 22.0. The number of nitrogens with two attached hydrogens (primary N) is 1. The van der Waals surface area contributed by atoms with E-state index >= 15 is 0 Å². The number of benzene rings is 1. The van der Waals surface area contributed by atoms with Gasteiger partial charge in [0.25, 0.3) is 0 Å². The summed E-state index contributed by atoms with van der Waals surface area (Å²) in [5, 5.41) is 20.8. The third-order valence-electron chi connectivity index (χ3n) is 3.55. The summed E-state index contributed by atoms with van der Waals surface area (Å²) in [7, 11) is 0. The maximum atomic E-state index is 12.9. The second kappa shape index (κ2) is 8.39. The standard InChI is InChI=1S/C16H10Cl2F3N7O/c1-2-27-13(7-25-12(6-23)11(24)5-22)26-28(15(27)29)14-9(17)3-8(4-10(14)18)16(19,20)21/h3-4,7H,2,24H2,1H3. The lowest BCUT2D eigenvalue weighted by atomic mass is 10.2. The number of hydrogen-bond acceptors (Lipinski definition) is 6. The highest BCUT2D eigenvalue weighted by Gasteiger charge is 2.32. The number of hydrogen-bond donors (Lipinski definition) is 1. The number of rotatable bonds is 4. The number of aromatic nitrogens is 3. The number of aliphatic imine (C=N–C) groups is 1. The zero-order valence-electron chi connectivity index (χ0n) is 14.5. The van der Waals surface area contributed by atoms with Crippen LogP contribution < -0.4 is 11.4 Å². The van der Waals surface area contributed by atoms with Gasteiger partial charge in [0.1, 0.15) is 23.5 Å². The second-order valence-electron chi connectivity index (χ2n) is 5.33. The Bertz CT molecular complexity index is 1140. The molecule has 0 unspecified atom stereocenters. The van der Waals surface area contributed by atoms with E-state index in [1.54, 1.807) is 19.1 Å². The van der Waals surface area contributed by atoms with E-state index in [4.69, 9.17) is 39.5 Å². The smallest absolute Gasteiger partial charge is 0.388 e. The van der Waals surface area contributed by atoms with E-state index in [1.807, 2.05) is 0 Å². The fourth-order valence-electron chi connectivity index (χ4n) is 2.22. The van der Waals surface area contributed by atoms with Crippen molar-refractivity contribution in [2.75, 3.05) is 0 Å². The third kappa shape index (κ3) is 4.42. The molecule has 2 N–H and O–H groups in total. The molecule has 150 valence electrons. The first-order valence-corrected chi connectivity index (χ1v) is 8.41. The van der Waals surface area contributed by atoms with Crippen LogP contribution in [0, 0.1) is 22.7 Å². The first-order chi connectivity index (χ1) is 13.5. The van der Waals surface area contributed by atoms with Gasteiger partial charge in [0.05, 0.1) is 21.8 Å². The molecule has 0 saturated heterocycles. The minimum Gasteiger partial charge on any atom is -0.388 e. The summed E-state index contributed by atoms with van der Waals surface area (Å²) in [4.78, 5) is 16.3. The highest BCUT2D eigenvalue weighted by Crippen LogP contribution is 2.36. The molecule has 0 aliphatic rings. The van der Waals surface area contributed by atoms with Crippen molar-refractivity contribution < 1.29 is 13.2 Å². The van der Waals surface area contributed by atoms with Crippen LogP contribution >= 0.6 is 23.2 Å². The molecular weight excluding hydrogens is 434 g/mol. The maximum Gasteiger partial charge on any atom is 0.416 e. The van der Waals surface area contributed by atoms with Gasteiger partial charge in [-0.05, 0) is 19.1 Å². The van der Waals surface area contributed by atoms with Crippen molar-refractivity contribution in [3.8, 4) is 17.8 Å². The fourth-order valence-corrected chi connectivity index (χ4v) is 2.86. The van der Waals surface area contributed by atoms with Crippen LogP contribution in [0.1, 0.15) is 18.3 Å². The fraction of sp³-hybridized carbons (Fsp3) is 0.188. The number of halogens is 5. The van der Waals surface area contributed by atoms with Gasteiger partial charge in [-0.1, -0.05) is 23.2 Å². The summed E-state index contributed by atoms with van der Waals surface area (Å²) in [5.74, 6) is -0.0666. The third-order valence-corrected chi connectivity index (χ3v) is 4.13. The van der Waals surface area contributed by atoms with E-state index in [0.29, 0.717) is 12.1 Å². The number of nitrogens with zero attached hydrogens (tertiary/aromatic N) is 6. The van der Waals surface area contributed by atoms with Crippen molar-refractivity contribution in [2.45, 2.75) is 19.6 Å². The lowest BCUT2D eigenvalue weighted by molar-refractivity contribution is -0.137. The molecule has 0 aliphatic heterocycles. The molecular formula is C16H10Cl2F3N7O. The zero-order chi connectivity index (χ0) is 21.9. The molecule has 0 aliphatic carbocycles. The number of alkyl halides is 3. The van der Waals surface area contributed by atoms with Gasteiger partial charge in [0, 0.05) is 6.54 Å². The van der Waals surface area contributed by atoms with Crippen molar-refractivity contribution in [3.63, 3.8) is 0 Å². The van der Waals surface area contributed by atoms with Crippen LogP contribution in [0.4, 0.5) is 13.2 Å². The van der Waals surface area contributed by atoms with Crippen LogP contribution in [0.3, 0.4) is 0 Å². The highest BCUT2D eigenvalue weighted by molar-refractivity contribution is 6.37. The Morgan fingerprint density at radius 1 is 1.31 bits per heavy atom. The normalized spacial score (nSPS) is 12.6. The zero-order valence-corrected chi connectivity index (χ0v) is 16.0. The van der Waals surface area contributed by atoms with Crippen LogP contribution in [-0.4, -0.2) is 20.6 Å². The summed E-state index contributed by atoms with van der Waals surface area (Å²) in [5.41, 5.74) is 2.40. The van der Waals surface area contributed by atoms with Gasteiger partial charge in [-0.3, -0.25) is 4.57 Å². The van der Waals surface area contributed by atoms with Gasteiger partial charge in [-0.15, -0.1) is 5.10 Å². The Hall–Kier alpha value is -3.28. The minimum absolute atomic E-state index is 0.0666. The van der Waals surface area contributed by atoms with Crippen LogP contribution in [0.5, 0.6) is 0 Å². The topological polar surface area (TPSA) is 126 Å². The van der Waals surface area contributed by atoms with Crippen LogP contribution in [0.25, 0.3) is 5.69 Å². The van der Waals surface area contributed by atoms with E-state index in [9.17, 15) is 18.0 Å². The van der Waals surface area contributed by atoms with Crippen molar-refractivity contribution in [1.29, 1.82) is 10.5 Å². The molecule has 2 aromatic rings. The maximum absolute atomic E-state index is 12.9. The summed E-state index contributed by atoms with van der Waals surface area (Å²) < 4.78 is 40.5. The molecule has 1 heterocycles. The van der Waals surface area contributed by atoms with Gasteiger partial charge < -0.3 is 5.73 Å². The molecule has 0 radical (unpaired) electrons. The van der Waals surface area contributed by atoms with Crippen LogP contribution in [-0.2, 0) is 12.7 Å². The first-order valence-electron chi connectivity index (χ1n) is 7.65. The Labute approximate surface area is 171 Å². The molecule has 0 amide bonds. The SMILES string of the molecule is CCn1c(C=NC(C#N)=C(N)C#N)nn(-c2c(Cl)cc(C(F)(F)F)cc2Cl)c1=O. The predicted octanol–water partition coefficient (Wildman–Crippen LogP) is 3.02. The Kier molecular flexibility index (Phi) is 6.37. The quantitative estimate of drug-likeness (QED) is 0.573. The molecule has 2 rings (SSSR count). The summed E-state index contributed by atoms with van der Waals surface area (Å²) in [6.45, 7) is 1.71. The van der Waals surface area contributed by atoms with E-state index in [-0.39, 0.29) is 18.1 Å². The van der Waals surface area contributed by atoms with Crippen molar-refractivity contribution in [1.82, 2.24) is 14.3 Å². The monoisotopic (exact) mass is 443 g/mol. The molecule has 0 spiro atoms. The van der Waals surface area contributed by atoms with E-state index in [1.165, 1.54) is 0 Å². The van der Waals surface area contributed by atoms with Crippen LogP contribution in [0.2, 0.25) is 10.0 Å².